The van der Waals surface area contributed by atoms with Gasteiger partial charge in [-0.15, -0.1) is 0 Å². The Morgan fingerprint density at radius 2 is 0.625 bits per heavy atom. The Balaban J connectivity index is -0.00000000308. The largest absolute Gasteiger partial charge is 2.00 e. The zero-order valence-electron chi connectivity index (χ0n) is 9.05. The molecule has 0 aliphatic rings. The first kappa shape index (κ1) is 93.1. The Morgan fingerprint density at radius 1 is 0.625 bits per heavy atom. The van der Waals surface area contributed by atoms with Crippen molar-refractivity contribution < 1.29 is 95.8 Å². The van der Waals surface area contributed by atoms with Crippen LogP contribution in [0.2, 0.25) is 0 Å². The first-order valence-corrected chi connectivity index (χ1v) is 1.10. The van der Waals surface area contributed by atoms with E-state index in [0.717, 1.165) is 0 Å². The Kier molecular flexibility index (Phi) is 446. The third-order valence-electron chi connectivity index (χ3n) is 0. The van der Waals surface area contributed by atoms with Crippen molar-refractivity contribution in [1.82, 2.24) is 0 Å². The summed E-state index contributed by atoms with van der Waals surface area (Å²) in [6.45, 7) is 0. The minimum absolute atomic E-state index is 0. The van der Waals surface area contributed by atoms with Crippen LogP contribution in [-0.2, 0) is 0 Å². The molecule has 14 nitrogen and oxygen atoms in total. The topological polar surface area (TPSA) is 321 Å². The van der Waals surface area contributed by atoms with Gasteiger partial charge in [-0.3, -0.25) is 0 Å². The van der Waals surface area contributed by atoms with Crippen molar-refractivity contribution in [1.29, 1.82) is 0 Å². The summed E-state index contributed by atoms with van der Waals surface area (Å²) in [6, 6.07) is 0. The molecular formula is H13KMgN2O12. The predicted molar refractivity (Wildman–Crippen MR) is 49.3 cm³/mol. The van der Waals surface area contributed by atoms with Crippen LogP contribution >= 0.6 is 0 Å². The summed E-state index contributed by atoms with van der Waals surface area (Å²) in [6.07, 6.45) is 0. The minimum atomic E-state index is -1.75. The summed E-state index contributed by atoms with van der Waals surface area (Å²) >= 11 is 0. The van der Waals surface area contributed by atoms with Crippen LogP contribution in [0.15, 0.2) is 0 Å². The summed E-state index contributed by atoms with van der Waals surface area (Å²) in [5, 5.41) is 29.5. The van der Waals surface area contributed by atoms with E-state index in [2.05, 4.69) is 0 Å². The normalized spacial score (nSPS) is 3.00. The van der Waals surface area contributed by atoms with Gasteiger partial charge in [0.15, 0.2) is 0 Å². The molecule has 0 aromatic heterocycles. The molecule has 0 radical (unpaired) electrons. The standard InChI is InChI=1S/K.Mg.2NO3.6H2O.H/c;;2*2-1(3)4;;;;;;;/h;;;;6*1H2;/q+1;+2;2*-1;;;;;;;-1. The second kappa shape index (κ2) is 76.6. The van der Waals surface area contributed by atoms with E-state index < -0.39 is 10.2 Å². The summed E-state index contributed by atoms with van der Waals surface area (Å²) < 4.78 is 0. The third-order valence-corrected chi connectivity index (χ3v) is 0. The molecule has 0 bridgehead atoms. The monoisotopic (exact) mass is 296 g/mol. The Bertz CT molecular complexity index is 82.5. The fourth-order valence-electron chi connectivity index (χ4n) is 0. The van der Waals surface area contributed by atoms with Gasteiger partial charge in [0.05, 0.1) is 10.2 Å². The van der Waals surface area contributed by atoms with Crippen molar-refractivity contribution in [2.45, 2.75) is 0 Å². The first-order chi connectivity index (χ1) is 3.46. The van der Waals surface area contributed by atoms with Crippen molar-refractivity contribution in [2.75, 3.05) is 0 Å². The van der Waals surface area contributed by atoms with Crippen molar-refractivity contribution in [3.8, 4) is 0 Å². The average molecular weight is 297 g/mol. The molecule has 0 atom stereocenters. The molecule has 98 valence electrons. The van der Waals surface area contributed by atoms with E-state index in [9.17, 15) is 0 Å². The summed E-state index contributed by atoms with van der Waals surface area (Å²) in [5.41, 5.74) is 0. The predicted octanol–water partition coefficient (Wildman–Crippen LogP) is -8.69. The Morgan fingerprint density at radius 3 is 0.625 bits per heavy atom. The van der Waals surface area contributed by atoms with Crippen molar-refractivity contribution >= 4 is 23.1 Å². The second-order valence-corrected chi connectivity index (χ2v) is 0.447. The van der Waals surface area contributed by atoms with E-state index in [0.29, 0.717) is 0 Å². The summed E-state index contributed by atoms with van der Waals surface area (Å²) in [5.74, 6) is 0. The van der Waals surface area contributed by atoms with Crippen LogP contribution in [0.3, 0.4) is 0 Å². The van der Waals surface area contributed by atoms with Crippen LogP contribution in [0.25, 0.3) is 0 Å². The molecule has 0 saturated heterocycles. The van der Waals surface area contributed by atoms with Gasteiger partial charge in [-0.05, 0) is 0 Å². The third kappa shape index (κ3) is 8460. The molecule has 0 fully saturated rings. The SMILES string of the molecule is O.O.O.O.O.O.O=[N+]([O-])[O-].O=[N+]([O-])[O-].[H-].[K+].[Mg+2]. The molecule has 12 N–H and O–H groups in total. The smallest absolute Gasteiger partial charge is 1.00 e. The average Bonchev–Trinajstić information content (AvgIpc) is 1.25. The first-order valence-electron chi connectivity index (χ1n) is 1.10. The fourth-order valence-corrected chi connectivity index (χ4v) is 0. The number of rotatable bonds is 0. The number of hydrogen-bond acceptors (Lipinski definition) is 6. The molecular weight excluding hydrogens is 283 g/mol. The van der Waals surface area contributed by atoms with E-state index in [1.165, 1.54) is 0 Å². The van der Waals surface area contributed by atoms with Crippen molar-refractivity contribution in [3.63, 3.8) is 0 Å². The molecule has 0 heterocycles. The van der Waals surface area contributed by atoms with Crippen LogP contribution in [0.1, 0.15) is 1.43 Å². The van der Waals surface area contributed by atoms with Crippen molar-refractivity contribution in [2.24, 2.45) is 0 Å². The summed E-state index contributed by atoms with van der Waals surface area (Å²) in [7, 11) is 0. The zero-order chi connectivity index (χ0) is 7.15. The van der Waals surface area contributed by atoms with Gasteiger partial charge in [-0.25, -0.2) is 0 Å². The van der Waals surface area contributed by atoms with E-state index >= 15 is 0 Å². The maximum atomic E-state index is 8.25. The van der Waals surface area contributed by atoms with E-state index in [4.69, 9.17) is 30.6 Å². The van der Waals surface area contributed by atoms with Crippen LogP contribution in [-0.4, -0.2) is 66.1 Å². The van der Waals surface area contributed by atoms with E-state index in [-0.39, 0.29) is 109 Å². The maximum absolute atomic E-state index is 8.25. The van der Waals surface area contributed by atoms with Crippen LogP contribution in [0, 0.1) is 30.6 Å². The van der Waals surface area contributed by atoms with Gasteiger partial charge in [0, 0.05) is 0 Å². The quantitative estimate of drug-likeness (QED) is 0.237. The van der Waals surface area contributed by atoms with Crippen LogP contribution < -0.4 is 51.4 Å². The fraction of sp³-hybridized carbons (Fsp3) is 0. The van der Waals surface area contributed by atoms with E-state index in [1.54, 1.807) is 0 Å². The molecule has 0 saturated carbocycles. The zero-order valence-corrected chi connectivity index (χ0v) is 12.6. The Hall–Kier alpha value is 0.563. The maximum Gasteiger partial charge on any atom is 2.00 e. The van der Waals surface area contributed by atoms with E-state index in [1.807, 2.05) is 0 Å². The van der Waals surface area contributed by atoms with Gasteiger partial charge in [-0.1, -0.05) is 0 Å². The molecule has 0 aliphatic carbocycles. The molecule has 0 unspecified atom stereocenters. The van der Waals surface area contributed by atoms with Crippen LogP contribution in [0.4, 0.5) is 0 Å². The van der Waals surface area contributed by atoms with Gasteiger partial charge in [0.1, 0.15) is 0 Å². The van der Waals surface area contributed by atoms with Crippen molar-refractivity contribution in [3.05, 3.63) is 30.6 Å². The molecule has 0 spiro atoms. The molecule has 0 aromatic carbocycles. The molecule has 16 heavy (non-hydrogen) atoms. The number of nitrogens with zero attached hydrogens (tertiary/aromatic N) is 2. The molecule has 0 amide bonds. The Labute approximate surface area is 148 Å². The number of hydrogen-bond donors (Lipinski definition) is 0. The van der Waals surface area contributed by atoms with Gasteiger partial charge in [0.2, 0.25) is 0 Å². The van der Waals surface area contributed by atoms with Gasteiger partial charge >= 0.3 is 74.4 Å². The molecule has 16 heteroatoms. The summed E-state index contributed by atoms with van der Waals surface area (Å²) in [4.78, 5) is 16.5. The molecule has 0 aromatic rings. The molecule has 0 aliphatic heterocycles. The van der Waals surface area contributed by atoms with Gasteiger partial charge in [-0.2, -0.15) is 0 Å². The minimum Gasteiger partial charge on any atom is -1.00 e. The van der Waals surface area contributed by atoms with Crippen LogP contribution in [0.5, 0.6) is 0 Å². The molecule has 0 rings (SSSR count). The second-order valence-electron chi connectivity index (χ2n) is 0.447. The van der Waals surface area contributed by atoms with Gasteiger partial charge in [0.25, 0.3) is 0 Å². The van der Waals surface area contributed by atoms with Gasteiger partial charge < -0.3 is 64.9 Å².